The Kier molecular flexibility index (Phi) is 3.34. The summed E-state index contributed by atoms with van der Waals surface area (Å²) in [6.07, 6.45) is 2.70. The standard InChI is InChI=1S/C14H17NOS2/c1-10-14(16,7-4-8-17-10)9-13-15-11-5-2-3-6-12(11)18-13/h2-3,5-6,10,16H,4,7-9H2,1H3. The van der Waals surface area contributed by atoms with Crippen LogP contribution in [0, 0.1) is 0 Å². The largest absolute Gasteiger partial charge is 0.388 e. The van der Waals surface area contributed by atoms with E-state index >= 15 is 0 Å². The molecule has 3 rings (SSSR count). The van der Waals surface area contributed by atoms with E-state index in [0.29, 0.717) is 11.7 Å². The summed E-state index contributed by atoms with van der Waals surface area (Å²) in [7, 11) is 0. The number of benzene rings is 1. The monoisotopic (exact) mass is 279 g/mol. The molecule has 18 heavy (non-hydrogen) atoms. The van der Waals surface area contributed by atoms with E-state index in [0.717, 1.165) is 23.4 Å². The molecule has 2 unspecified atom stereocenters. The van der Waals surface area contributed by atoms with Crippen molar-refractivity contribution in [3.05, 3.63) is 29.3 Å². The van der Waals surface area contributed by atoms with Crippen molar-refractivity contribution in [2.45, 2.75) is 37.0 Å². The molecule has 0 radical (unpaired) electrons. The second kappa shape index (κ2) is 4.83. The van der Waals surface area contributed by atoms with Crippen molar-refractivity contribution in [3.8, 4) is 0 Å². The number of thioether (sulfide) groups is 1. The fourth-order valence-corrected chi connectivity index (χ4v) is 4.75. The number of hydrogen-bond acceptors (Lipinski definition) is 4. The molecule has 2 nitrogen and oxygen atoms in total. The van der Waals surface area contributed by atoms with Crippen LogP contribution in [0.4, 0.5) is 0 Å². The van der Waals surface area contributed by atoms with Crippen molar-refractivity contribution < 1.29 is 5.11 Å². The molecular formula is C14H17NOS2. The van der Waals surface area contributed by atoms with Crippen LogP contribution in [-0.4, -0.2) is 26.7 Å². The Balaban J connectivity index is 1.86. The van der Waals surface area contributed by atoms with E-state index in [1.165, 1.54) is 10.5 Å². The third kappa shape index (κ3) is 2.29. The van der Waals surface area contributed by atoms with Gasteiger partial charge in [-0.05, 0) is 30.7 Å². The average molecular weight is 279 g/mol. The summed E-state index contributed by atoms with van der Waals surface area (Å²) >= 11 is 3.59. The molecule has 2 aromatic rings. The van der Waals surface area contributed by atoms with Gasteiger partial charge in [-0.1, -0.05) is 19.1 Å². The van der Waals surface area contributed by atoms with Gasteiger partial charge in [-0.15, -0.1) is 11.3 Å². The lowest BCUT2D eigenvalue weighted by Gasteiger charge is -2.37. The predicted molar refractivity (Wildman–Crippen MR) is 79.4 cm³/mol. The highest BCUT2D eigenvalue weighted by atomic mass is 32.2. The normalized spacial score (nSPS) is 28.7. The Morgan fingerprint density at radius 2 is 2.28 bits per heavy atom. The summed E-state index contributed by atoms with van der Waals surface area (Å²) < 4.78 is 1.22. The van der Waals surface area contributed by atoms with Crippen molar-refractivity contribution in [3.63, 3.8) is 0 Å². The molecule has 1 aromatic carbocycles. The van der Waals surface area contributed by atoms with E-state index in [1.807, 2.05) is 30.0 Å². The number of para-hydroxylation sites is 1. The second-order valence-electron chi connectivity index (χ2n) is 4.97. The maximum absolute atomic E-state index is 10.8. The fraction of sp³-hybridized carbons (Fsp3) is 0.500. The highest BCUT2D eigenvalue weighted by Gasteiger charge is 2.37. The quantitative estimate of drug-likeness (QED) is 0.913. The van der Waals surface area contributed by atoms with Crippen LogP contribution in [0.3, 0.4) is 0 Å². The minimum absolute atomic E-state index is 0.304. The smallest absolute Gasteiger partial charge is 0.0967 e. The number of rotatable bonds is 2. The molecule has 0 saturated carbocycles. The van der Waals surface area contributed by atoms with Crippen molar-refractivity contribution in [1.82, 2.24) is 4.98 Å². The molecule has 0 amide bonds. The minimum atomic E-state index is -0.573. The first-order valence-corrected chi connectivity index (χ1v) is 8.22. The van der Waals surface area contributed by atoms with Crippen molar-refractivity contribution in [2.24, 2.45) is 0 Å². The summed E-state index contributed by atoms with van der Waals surface area (Å²) in [4.78, 5) is 4.64. The third-order valence-corrected chi connectivity index (χ3v) is 6.17. The lowest BCUT2D eigenvalue weighted by molar-refractivity contribution is 0.0297. The maximum atomic E-state index is 10.8. The van der Waals surface area contributed by atoms with Gasteiger partial charge < -0.3 is 5.11 Å². The molecule has 1 aromatic heterocycles. The molecule has 1 N–H and O–H groups in total. The molecule has 0 bridgehead atoms. The zero-order valence-corrected chi connectivity index (χ0v) is 12.1. The molecule has 96 valence electrons. The summed E-state index contributed by atoms with van der Waals surface area (Å²) in [5, 5.41) is 12.1. The summed E-state index contributed by atoms with van der Waals surface area (Å²) in [5.41, 5.74) is 0.480. The first kappa shape index (κ1) is 12.5. The van der Waals surface area contributed by atoms with E-state index in [2.05, 4.69) is 18.0 Å². The highest BCUT2D eigenvalue weighted by molar-refractivity contribution is 8.00. The molecule has 1 fully saturated rings. The van der Waals surface area contributed by atoms with Gasteiger partial charge in [0.05, 0.1) is 20.8 Å². The number of thiazole rings is 1. The van der Waals surface area contributed by atoms with Gasteiger partial charge in [0.15, 0.2) is 0 Å². The molecule has 4 heteroatoms. The lowest BCUT2D eigenvalue weighted by atomic mass is 9.90. The van der Waals surface area contributed by atoms with Gasteiger partial charge in [0.1, 0.15) is 0 Å². The van der Waals surface area contributed by atoms with Crippen LogP contribution in [0.2, 0.25) is 0 Å². The van der Waals surface area contributed by atoms with Crippen LogP contribution in [-0.2, 0) is 6.42 Å². The summed E-state index contributed by atoms with van der Waals surface area (Å²) in [5.74, 6) is 1.17. The van der Waals surface area contributed by atoms with Crippen LogP contribution < -0.4 is 0 Å². The van der Waals surface area contributed by atoms with E-state index in [-0.39, 0.29) is 0 Å². The number of aromatic nitrogens is 1. The molecular weight excluding hydrogens is 262 g/mol. The van der Waals surface area contributed by atoms with Gasteiger partial charge in [0, 0.05) is 11.7 Å². The Morgan fingerprint density at radius 1 is 1.44 bits per heavy atom. The summed E-state index contributed by atoms with van der Waals surface area (Å²) in [6, 6.07) is 8.19. The lowest BCUT2D eigenvalue weighted by Crippen LogP contribution is -2.43. The van der Waals surface area contributed by atoms with Crippen LogP contribution in [0.5, 0.6) is 0 Å². The van der Waals surface area contributed by atoms with Crippen LogP contribution in [0.1, 0.15) is 24.8 Å². The molecule has 2 atom stereocenters. The Labute approximate surface area is 115 Å². The minimum Gasteiger partial charge on any atom is -0.388 e. The number of aliphatic hydroxyl groups is 1. The molecule has 1 aliphatic heterocycles. The first-order valence-electron chi connectivity index (χ1n) is 6.36. The van der Waals surface area contributed by atoms with E-state index < -0.39 is 5.60 Å². The first-order chi connectivity index (χ1) is 8.67. The summed E-state index contributed by atoms with van der Waals surface area (Å²) in [6.45, 7) is 2.14. The average Bonchev–Trinajstić information content (AvgIpc) is 2.75. The van der Waals surface area contributed by atoms with Gasteiger partial charge in [-0.3, -0.25) is 0 Å². The van der Waals surface area contributed by atoms with Gasteiger partial charge in [-0.2, -0.15) is 11.8 Å². The maximum Gasteiger partial charge on any atom is 0.0967 e. The molecule has 0 spiro atoms. The van der Waals surface area contributed by atoms with Crippen molar-refractivity contribution in [2.75, 3.05) is 5.75 Å². The van der Waals surface area contributed by atoms with E-state index in [1.54, 1.807) is 11.3 Å². The third-order valence-electron chi connectivity index (χ3n) is 3.67. The predicted octanol–water partition coefficient (Wildman–Crippen LogP) is 3.49. The highest BCUT2D eigenvalue weighted by Crippen LogP contribution is 2.37. The topological polar surface area (TPSA) is 33.1 Å². The Morgan fingerprint density at radius 3 is 3.06 bits per heavy atom. The molecule has 1 saturated heterocycles. The Bertz CT molecular complexity index is 520. The van der Waals surface area contributed by atoms with Crippen LogP contribution >= 0.6 is 23.1 Å². The molecule has 2 heterocycles. The van der Waals surface area contributed by atoms with Gasteiger partial charge in [0.2, 0.25) is 0 Å². The molecule has 0 aliphatic carbocycles. The SMILES string of the molecule is CC1SCCCC1(O)Cc1nc2ccccc2s1. The van der Waals surface area contributed by atoms with Crippen molar-refractivity contribution >= 4 is 33.3 Å². The van der Waals surface area contributed by atoms with Gasteiger partial charge in [-0.25, -0.2) is 4.98 Å². The zero-order chi connectivity index (χ0) is 12.6. The number of hydrogen-bond donors (Lipinski definition) is 1. The second-order valence-corrected chi connectivity index (χ2v) is 7.54. The number of nitrogens with zero attached hydrogens (tertiary/aromatic N) is 1. The molecule has 1 aliphatic rings. The van der Waals surface area contributed by atoms with E-state index in [4.69, 9.17) is 0 Å². The zero-order valence-electron chi connectivity index (χ0n) is 10.4. The number of fused-ring (bicyclic) bond motifs is 1. The van der Waals surface area contributed by atoms with Crippen LogP contribution in [0.15, 0.2) is 24.3 Å². The Hall–Kier alpha value is -0.580. The fourth-order valence-electron chi connectivity index (χ4n) is 2.49. The van der Waals surface area contributed by atoms with Gasteiger partial charge >= 0.3 is 0 Å². The van der Waals surface area contributed by atoms with Crippen LogP contribution in [0.25, 0.3) is 10.2 Å². The van der Waals surface area contributed by atoms with E-state index in [9.17, 15) is 5.11 Å². The van der Waals surface area contributed by atoms with Crippen molar-refractivity contribution in [1.29, 1.82) is 0 Å². The van der Waals surface area contributed by atoms with Gasteiger partial charge in [0.25, 0.3) is 0 Å².